The highest BCUT2D eigenvalue weighted by Crippen LogP contribution is 2.50. The van der Waals surface area contributed by atoms with Gasteiger partial charge in [-0.3, -0.25) is 0 Å². The molecule has 10 rings (SSSR count). The summed E-state index contributed by atoms with van der Waals surface area (Å²) >= 11 is 0. The molecular weight excluding hydrogens is 599 g/mol. The third kappa shape index (κ3) is 4.29. The van der Waals surface area contributed by atoms with Crippen LogP contribution in [-0.4, -0.2) is 0 Å². The molecule has 49 heavy (non-hydrogen) atoms. The maximum atomic E-state index is 6.71. The van der Waals surface area contributed by atoms with E-state index in [0.717, 1.165) is 94.0 Å². The van der Waals surface area contributed by atoms with Gasteiger partial charge in [-0.2, -0.15) is 0 Å². The van der Waals surface area contributed by atoms with Crippen molar-refractivity contribution in [1.82, 2.24) is 0 Å². The second kappa shape index (κ2) is 11.0. The summed E-state index contributed by atoms with van der Waals surface area (Å²) in [6.07, 6.45) is 0. The molecule has 0 saturated carbocycles. The number of rotatable bonds is 5. The Hall–Kier alpha value is -6.58. The Morgan fingerprint density at radius 2 is 0.918 bits per heavy atom. The Morgan fingerprint density at radius 3 is 1.78 bits per heavy atom. The van der Waals surface area contributed by atoms with Crippen LogP contribution in [0.1, 0.15) is 0 Å². The summed E-state index contributed by atoms with van der Waals surface area (Å²) in [6.45, 7) is 0. The van der Waals surface area contributed by atoms with E-state index in [0.29, 0.717) is 0 Å². The minimum Gasteiger partial charge on any atom is -0.456 e. The van der Waals surface area contributed by atoms with Crippen LogP contribution < -0.4 is 4.90 Å². The number of anilines is 3. The SMILES string of the molecule is c1ccc(-c2ccccc2N(c2ccccc2-c2cccc3oc4ccccc4c23)c2cccc3oc4c5ccccc5ccc4c23)cc1. The monoisotopic (exact) mass is 627 g/mol. The van der Waals surface area contributed by atoms with Crippen molar-refractivity contribution in [2.24, 2.45) is 0 Å². The minimum atomic E-state index is 0.853. The van der Waals surface area contributed by atoms with Gasteiger partial charge in [0.25, 0.3) is 0 Å². The van der Waals surface area contributed by atoms with Crippen LogP contribution >= 0.6 is 0 Å². The topological polar surface area (TPSA) is 29.5 Å². The van der Waals surface area contributed by atoms with Gasteiger partial charge in [0.15, 0.2) is 0 Å². The van der Waals surface area contributed by atoms with Gasteiger partial charge in [-0.25, -0.2) is 0 Å². The van der Waals surface area contributed by atoms with Crippen molar-refractivity contribution in [2.75, 3.05) is 4.90 Å². The van der Waals surface area contributed by atoms with Crippen molar-refractivity contribution >= 4 is 71.7 Å². The summed E-state index contributed by atoms with van der Waals surface area (Å²) in [5, 5.41) is 6.65. The van der Waals surface area contributed by atoms with Gasteiger partial charge >= 0.3 is 0 Å². The quantitative estimate of drug-likeness (QED) is 0.190. The van der Waals surface area contributed by atoms with E-state index in [1.165, 1.54) is 0 Å². The molecule has 3 nitrogen and oxygen atoms in total. The summed E-state index contributed by atoms with van der Waals surface area (Å²) in [6, 6.07) is 62.0. The van der Waals surface area contributed by atoms with Crippen molar-refractivity contribution in [3.8, 4) is 22.3 Å². The molecular formula is C46H29NO2. The van der Waals surface area contributed by atoms with Crippen LogP contribution in [0.15, 0.2) is 185 Å². The van der Waals surface area contributed by atoms with Crippen molar-refractivity contribution in [1.29, 1.82) is 0 Å². The standard InChI is InChI=1S/C46H29NO2/c1-2-14-30(15-3-1)32-17-6-9-22-38(32)47(40-24-13-27-43-45(40)37-29-28-31-16-4-5-18-33(31)46(37)49-43)39-23-10-7-19-34(39)35-21-12-26-42-44(35)36-20-8-11-25-41(36)48-42/h1-29H. The second-order valence-corrected chi connectivity index (χ2v) is 12.4. The average Bonchev–Trinajstić information content (AvgIpc) is 3.75. The first-order valence-corrected chi connectivity index (χ1v) is 16.6. The van der Waals surface area contributed by atoms with E-state index in [1.54, 1.807) is 0 Å². The van der Waals surface area contributed by atoms with Gasteiger partial charge < -0.3 is 13.7 Å². The lowest BCUT2D eigenvalue weighted by Gasteiger charge is -2.30. The first-order valence-electron chi connectivity index (χ1n) is 16.6. The molecule has 0 bridgehead atoms. The molecule has 0 aliphatic heterocycles. The van der Waals surface area contributed by atoms with Crippen molar-refractivity contribution in [3.63, 3.8) is 0 Å². The smallest absolute Gasteiger partial charge is 0.143 e. The van der Waals surface area contributed by atoms with Crippen LogP contribution in [0, 0.1) is 0 Å². The largest absolute Gasteiger partial charge is 0.456 e. The Bertz CT molecular complexity index is 2840. The summed E-state index contributed by atoms with van der Waals surface area (Å²) in [5.41, 5.74) is 11.2. The maximum Gasteiger partial charge on any atom is 0.143 e. The summed E-state index contributed by atoms with van der Waals surface area (Å²) in [5.74, 6) is 0. The van der Waals surface area contributed by atoms with Crippen LogP contribution in [0.5, 0.6) is 0 Å². The van der Waals surface area contributed by atoms with Crippen LogP contribution in [0.4, 0.5) is 17.1 Å². The van der Waals surface area contributed by atoms with E-state index < -0.39 is 0 Å². The molecule has 0 unspecified atom stereocenters. The predicted octanol–water partition coefficient (Wildman–Crippen LogP) is 13.4. The van der Waals surface area contributed by atoms with Crippen LogP contribution in [0.25, 0.3) is 76.9 Å². The van der Waals surface area contributed by atoms with Crippen LogP contribution in [0.3, 0.4) is 0 Å². The summed E-state index contributed by atoms with van der Waals surface area (Å²) < 4.78 is 13.1. The van der Waals surface area contributed by atoms with E-state index >= 15 is 0 Å². The van der Waals surface area contributed by atoms with E-state index in [4.69, 9.17) is 8.83 Å². The van der Waals surface area contributed by atoms with Gasteiger partial charge in [0.1, 0.15) is 22.3 Å². The number of furan rings is 2. The molecule has 230 valence electrons. The maximum absolute atomic E-state index is 6.71. The molecule has 0 aliphatic rings. The fourth-order valence-corrected chi connectivity index (χ4v) is 7.54. The number of hydrogen-bond donors (Lipinski definition) is 0. The average molecular weight is 628 g/mol. The molecule has 0 atom stereocenters. The predicted molar refractivity (Wildman–Crippen MR) is 204 cm³/mol. The fourth-order valence-electron chi connectivity index (χ4n) is 7.54. The molecule has 0 N–H and O–H groups in total. The van der Waals surface area contributed by atoms with Crippen LogP contribution in [0.2, 0.25) is 0 Å². The molecule has 0 aliphatic carbocycles. The van der Waals surface area contributed by atoms with Crippen molar-refractivity contribution < 1.29 is 8.83 Å². The van der Waals surface area contributed by atoms with E-state index in [-0.39, 0.29) is 0 Å². The Kier molecular flexibility index (Phi) is 6.18. The molecule has 0 amide bonds. The van der Waals surface area contributed by atoms with Crippen LogP contribution in [-0.2, 0) is 0 Å². The molecule has 8 aromatic carbocycles. The Labute approximate surface area is 282 Å². The zero-order chi connectivity index (χ0) is 32.3. The highest BCUT2D eigenvalue weighted by atomic mass is 16.3. The van der Waals surface area contributed by atoms with Crippen molar-refractivity contribution in [3.05, 3.63) is 176 Å². The Morgan fingerprint density at radius 1 is 0.327 bits per heavy atom. The number of para-hydroxylation sites is 3. The highest BCUT2D eigenvalue weighted by molar-refractivity contribution is 6.20. The number of nitrogens with zero attached hydrogens (tertiary/aromatic N) is 1. The number of fused-ring (bicyclic) bond motifs is 8. The first kappa shape index (κ1) is 27.5. The molecule has 0 fully saturated rings. The highest BCUT2D eigenvalue weighted by Gasteiger charge is 2.25. The third-order valence-corrected chi connectivity index (χ3v) is 9.67. The molecule has 0 saturated heterocycles. The lowest BCUT2D eigenvalue weighted by atomic mass is 9.95. The van der Waals surface area contributed by atoms with Gasteiger partial charge in [-0.1, -0.05) is 133 Å². The van der Waals surface area contributed by atoms with E-state index in [9.17, 15) is 0 Å². The fraction of sp³-hybridized carbons (Fsp3) is 0. The third-order valence-electron chi connectivity index (χ3n) is 9.67. The van der Waals surface area contributed by atoms with E-state index in [2.05, 4.69) is 169 Å². The van der Waals surface area contributed by atoms with E-state index in [1.807, 2.05) is 12.1 Å². The van der Waals surface area contributed by atoms with Gasteiger partial charge in [0.05, 0.1) is 22.4 Å². The molecule has 3 heteroatoms. The normalized spacial score (nSPS) is 11.7. The zero-order valence-electron chi connectivity index (χ0n) is 26.5. The lowest BCUT2D eigenvalue weighted by molar-refractivity contribution is 0.669. The molecule has 0 spiro atoms. The number of hydrogen-bond acceptors (Lipinski definition) is 3. The first-order chi connectivity index (χ1) is 24.3. The summed E-state index contributed by atoms with van der Waals surface area (Å²) in [4.78, 5) is 2.42. The lowest BCUT2D eigenvalue weighted by Crippen LogP contribution is -2.12. The van der Waals surface area contributed by atoms with Gasteiger partial charge in [0, 0.05) is 32.7 Å². The Balaban J connectivity index is 1.32. The molecule has 10 aromatic rings. The van der Waals surface area contributed by atoms with Crippen molar-refractivity contribution in [2.45, 2.75) is 0 Å². The zero-order valence-corrected chi connectivity index (χ0v) is 26.5. The second-order valence-electron chi connectivity index (χ2n) is 12.4. The molecule has 2 aromatic heterocycles. The number of benzene rings is 8. The summed E-state index contributed by atoms with van der Waals surface area (Å²) in [7, 11) is 0. The molecule has 2 heterocycles. The molecule has 0 radical (unpaired) electrons. The van der Waals surface area contributed by atoms with Gasteiger partial charge in [0.2, 0.25) is 0 Å². The van der Waals surface area contributed by atoms with Gasteiger partial charge in [-0.05, 0) is 59.0 Å². The van der Waals surface area contributed by atoms with Gasteiger partial charge in [-0.15, -0.1) is 0 Å². The minimum absolute atomic E-state index is 0.853.